The minimum Gasteiger partial charge on any atom is -0.383 e. The van der Waals surface area contributed by atoms with Gasteiger partial charge < -0.3 is 10.5 Å². The van der Waals surface area contributed by atoms with Crippen LogP contribution in [0.1, 0.15) is 5.56 Å². The van der Waals surface area contributed by atoms with Crippen molar-refractivity contribution in [1.82, 2.24) is 9.78 Å². The number of benzene rings is 1. The minimum absolute atomic E-state index is 0.157. The number of ether oxygens (including phenoxy) is 1. The lowest BCUT2D eigenvalue weighted by atomic mass is 10.2. The van der Waals surface area contributed by atoms with Crippen molar-refractivity contribution < 1.29 is 13.2 Å². The van der Waals surface area contributed by atoms with Crippen molar-refractivity contribution in [3.63, 3.8) is 0 Å². The lowest BCUT2D eigenvalue weighted by Gasteiger charge is -2.09. The number of hydrogen-bond acceptors (Lipinski definition) is 5. The topological polar surface area (TPSA) is 99.2 Å². The molecule has 0 bridgehead atoms. The second-order valence-corrected chi connectivity index (χ2v) is 6.05. The molecule has 114 valence electrons. The number of sulfonamides is 1. The van der Waals surface area contributed by atoms with Crippen LogP contribution in [-0.2, 0) is 27.8 Å². The van der Waals surface area contributed by atoms with Gasteiger partial charge in [0.2, 0.25) is 0 Å². The molecule has 1 aromatic heterocycles. The Kier molecular flexibility index (Phi) is 4.94. The highest BCUT2D eigenvalue weighted by molar-refractivity contribution is 7.92. The number of rotatable bonds is 7. The Morgan fingerprint density at radius 3 is 2.86 bits per heavy atom. The van der Waals surface area contributed by atoms with Gasteiger partial charge in [0, 0.05) is 19.9 Å². The summed E-state index contributed by atoms with van der Waals surface area (Å²) in [7, 11) is -2.08. The number of methoxy groups -OCH3 is 1. The first-order valence-electron chi connectivity index (χ1n) is 6.39. The zero-order chi connectivity index (χ0) is 15.3. The van der Waals surface area contributed by atoms with Gasteiger partial charge in [-0.2, -0.15) is 5.10 Å². The van der Waals surface area contributed by atoms with E-state index in [1.165, 1.54) is 12.3 Å². The van der Waals surface area contributed by atoms with Gasteiger partial charge in [-0.25, -0.2) is 8.42 Å². The van der Waals surface area contributed by atoms with Gasteiger partial charge in [0.05, 0.1) is 29.9 Å². The van der Waals surface area contributed by atoms with Crippen molar-refractivity contribution in [3.05, 3.63) is 42.2 Å². The van der Waals surface area contributed by atoms with E-state index >= 15 is 0 Å². The Hall–Kier alpha value is -1.90. The monoisotopic (exact) mass is 310 g/mol. The third-order valence-electron chi connectivity index (χ3n) is 2.89. The predicted molar refractivity (Wildman–Crippen MR) is 79.2 cm³/mol. The Labute approximate surface area is 123 Å². The first-order chi connectivity index (χ1) is 10.1. The van der Waals surface area contributed by atoms with Crippen LogP contribution in [0.5, 0.6) is 0 Å². The van der Waals surface area contributed by atoms with Crippen LogP contribution in [0.4, 0.5) is 5.69 Å². The van der Waals surface area contributed by atoms with Gasteiger partial charge in [0.25, 0.3) is 10.0 Å². The Morgan fingerprint density at radius 2 is 2.14 bits per heavy atom. The summed E-state index contributed by atoms with van der Waals surface area (Å²) in [5.74, 6) is 0. The summed E-state index contributed by atoms with van der Waals surface area (Å²) < 4.78 is 33.8. The molecule has 1 heterocycles. The summed E-state index contributed by atoms with van der Waals surface area (Å²) in [6.07, 6.45) is 3.07. The molecular formula is C13H18N4O3S. The van der Waals surface area contributed by atoms with Crippen LogP contribution in [0.2, 0.25) is 0 Å². The molecule has 0 aliphatic carbocycles. The van der Waals surface area contributed by atoms with E-state index in [-0.39, 0.29) is 11.4 Å². The zero-order valence-electron chi connectivity index (χ0n) is 11.7. The minimum atomic E-state index is -3.68. The summed E-state index contributed by atoms with van der Waals surface area (Å²) in [6, 6.07) is 6.64. The smallest absolute Gasteiger partial charge is 0.262 e. The van der Waals surface area contributed by atoms with Gasteiger partial charge in [-0.1, -0.05) is 18.2 Å². The molecule has 0 amide bonds. The Morgan fingerprint density at radius 1 is 1.38 bits per heavy atom. The number of hydrogen-bond donors (Lipinski definition) is 2. The fourth-order valence-corrected chi connectivity index (χ4v) is 3.15. The number of nitrogens with two attached hydrogens (primary N) is 1. The summed E-state index contributed by atoms with van der Waals surface area (Å²) in [6.45, 7) is 1.21. The molecule has 0 aliphatic rings. The van der Waals surface area contributed by atoms with Crippen LogP contribution in [0.25, 0.3) is 0 Å². The Balaban J connectivity index is 2.19. The van der Waals surface area contributed by atoms with Gasteiger partial charge >= 0.3 is 0 Å². The van der Waals surface area contributed by atoms with Crippen LogP contribution in [0.3, 0.4) is 0 Å². The van der Waals surface area contributed by atoms with Gasteiger partial charge in [0.15, 0.2) is 0 Å². The lowest BCUT2D eigenvalue weighted by Crippen LogP contribution is -2.16. The largest absolute Gasteiger partial charge is 0.383 e. The van der Waals surface area contributed by atoms with Crippen molar-refractivity contribution in [2.45, 2.75) is 18.0 Å². The van der Waals surface area contributed by atoms with Crippen LogP contribution >= 0.6 is 0 Å². The summed E-state index contributed by atoms with van der Waals surface area (Å²) >= 11 is 0. The molecule has 8 heteroatoms. The average molecular weight is 310 g/mol. The average Bonchev–Trinajstić information content (AvgIpc) is 2.91. The van der Waals surface area contributed by atoms with Crippen molar-refractivity contribution in [2.24, 2.45) is 5.73 Å². The van der Waals surface area contributed by atoms with E-state index in [9.17, 15) is 8.42 Å². The van der Waals surface area contributed by atoms with Gasteiger partial charge in [-0.05, 0) is 11.6 Å². The normalized spacial score (nSPS) is 11.5. The van der Waals surface area contributed by atoms with Crippen LogP contribution in [0, 0.1) is 0 Å². The molecule has 0 unspecified atom stereocenters. The first kappa shape index (κ1) is 15.5. The molecule has 0 saturated carbocycles. The first-order valence-corrected chi connectivity index (χ1v) is 7.87. The predicted octanol–water partition coefficient (Wildman–Crippen LogP) is 0.789. The molecule has 0 saturated heterocycles. The fourth-order valence-electron chi connectivity index (χ4n) is 1.87. The van der Waals surface area contributed by atoms with Gasteiger partial charge in [0.1, 0.15) is 0 Å². The molecule has 2 rings (SSSR count). The quantitative estimate of drug-likeness (QED) is 0.787. The summed E-state index contributed by atoms with van der Waals surface area (Å²) in [5.41, 5.74) is 6.54. The SMILES string of the molecule is COCCn1cc(NS(=O)(=O)c2ccccc2CN)cn1. The molecule has 21 heavy (non-hydrogen) atoms. The molecule has 0 atom stereocenters. The summed E-state index contributed by atoms with van der Waals surface area (Å²) in [5, 5.41) is 4.06. The van der Waals surface area contributed by atoms with E-state index < -0.39 is 10.0 Å². The maximum Gasteiger partial charge on any atom is 0.262 e. The molecule has 3 N–H and O–H groups in total. The molecule has 0 aliphatic heterocycles. The molecular weight excluding hydrogens is 292 g/mol. The highest BCUT2D eigenvalue weighted by atomic mass is 32.2. The van der Waals surface area contributed by atoms with E-state index in [4.69, 9.17) is 10.5 Å². The Bertz CT molecular complexity index is 697. The maximum atomic E-state index is 12.4. The zero-order valence-corrected chi connectivity index (χ0v) is 12.5. The van der Waals surface area contributed by atoms with Crippen LogP contribution < -0.4 is 10.5 Å². The van der Waals surface area contributed by atoms with E-state index in [2.05, 4.69) is 9.82 Å². The molecule has 0 fully saturated rings. The highest BCUT2D eigenvalue weighted by Gasteiger charge is 2.18. The van der Waals surface area contributed by atoms with Crippen LogP contribution in [-0.4, -0.2) is 31.9 Å². The van der Waals surface area contributed by atoms with E-state index in [0.29, 0.717) is 24.4 Å². The van der Waals surface area contributed by atoms with Gasteiger partial charge in [-0.3, -0.25) is 9.40 Å². The number of nitrogens with one attached hydrogen (secondary N) is 1. The van der Waals surface area contributed by atoms with Crippen molar-refractivity contribution in [2.75, 3.05) is 18.4 Å². The summed E-state index contributed by atoms with van der Waals surface area (Å²) in [4.78, 5) is 0.178. The number of anilines is 1. The molecule has 7 nitrogen and oxygen atoms in total. The molecule has 0 spiro atoms. The van der Waals surface area contributed by atoms with E-state index in [0.717, 1.165) is 0 Å². The number of aromatic nitrogens is 2. The van der Waals surface area contributed by atoms with Crippen molar-refractivity contribution in [1.29, 1.82) is 0 Å². The third kappa shape index (κ3) is 3.81. The molecule has 0 radical (unpaired) electrons. The van der Waals surface area contributed by atoms with Crippen LogP contribution in [0.15, 0.2) is 41.6 Å². The highest BCUT2D eigenvalue weighted by Crippen LogP contribution is 2.19. The van der Waals surface area contributed by atoms with Crippen molar-refractivity contribution in [3.8, 4) is 0 Å². The fraction of sp³-hybridized carbons (Fsp3) is 0.308. The second-order valence-electron chi connectivity index (χ2n) is 4.40. The van der Waals surface area contributed by atoms with E-state index in [1.54, 1.807) is 36.2 Å². The number of nitrogens with zero attached hydrogens (tertiary/aromatic N) is 2. The maximum absolute atomic E-state index is 12.4. The van der Waals surface area contributed by atoms with E-state index in [1.807, 2.05) is 0 Å². The standard InChI is InChI=1S/C13H18N4O3S/c1-20-7-6-17-10-12(9-15-17)16-21(18,19)13-5-3-2-4-11(13)8-14/h2-5,9-10,16H,6-8,14H2,1H3. The third-order valence-corrected chi connectivity index (χ3v) is 4.37. The lowest BCUT2D eigenvalue weighted by molar-refractivity contribution is 0.183. The molecule has 2 aromatic rings. The molecule has 1 aromatic carbocycles. The van der Waals surface area contributed by atoms with Gasteiger partial charge in [-0.15, -0.1) is 0 Å². The van der Waals surface area contributed by atoms with Crippen molar-refractivity contribution >= 4 is 15.7 Å². The second kappa shape index (κ2) is 6.70.